The zero-order valence-corrected chi connectivity index (χ0v) is 20.7. The smallest absolute Gasteiger partial charge is 0.416 e. The summed E-state index contributed by atoms with van der Waals surface area (Å²) >= 11 is 0. The largest absolute Gasteiger partial charge is 0.478 e. The van der Waals surface area contributed by atoms with Gasteiger partial charge in [-0.1, -0.05) is 0 Å². The highest BCUT2D eigenvalue weighted by Crippen LogP contribution is 2.33. The Kier molecular flexibility index (Phi) is 6.69. The summed E-state index contributed by atoms with van der Waals surface area (Å²) in [7, 11) is 0. The summed E-state index contributed by atoms with van der Waals surface area (Å²) in [4.78, 5) is 26.2. The molecule has 2 aliphatic heterocycles. The first-order valence-electron chi connectivity index (χ1n) is 12.3. The number of rotatable bonds is 6. The third kappa shape index (κ3) is 5.14. The number of fused-ring (bicyclic) bond motifs is 1. The maximum Gasteiger partial charge on any atom is 0.416 e. The van der Waals surface area contributed by atoms with Crippen molar-refractivity contribution in [3.63, 3.8) is 0 Å². The highest BCUT2D eigenvalue weighted by atomic mass is 19.4. The summed E-state index contributed by atoms with van der Waals surface area (Å²) in [6.45, 7) is 3.94. The van der Waals surface area contributed by atoms with E-state index in [4.69, 9.17) is 4.74 Å². The first-order valence-corrected chi connectivity index (χ1v) is 12.3. The van der Waals surface area contributed by atoms with Crippen molar-refractivity contribution in [3.8, 4) is 11.5 Å². The van der Waals surface area contributed by atoms with E-state index in [0.717, 1.165) is 48.3 Å². The highest BCUT2D eigenvalue weighted by Gasteiger charge is 2.34. The second-order valence-electron chi connectivity index (χ2n) is 9.64. The first kappa shape index (κ1) is 25.5. The lowest BCUT2D eigenvalue weighted by molar-refractivity contribution is -0.456. The minimum Gasteiger partial charge on any atom is -0.478 e. The minimum atomic E-state index is -4.40. The monoisotopic (exact) mass is 523 g/mol. The summed E-state index contributed by atoms with van der Waals surface area (Å²) in [5.74, 6) is 0.135. The summed E-state index contributed by atoms with van der Waals surface area (Å²) in [5, 5.41) is 9.29. The van der Waals surface area contributed by atoms with Gasteiger partial charge in [0.25, 0.3) is 5.91 Å². The molecule has 0 radical (unpaired) electrons. The second kappa shape index (κ2) is 9.96. The number of amides is 1. The number of nitrogens with zero attached hydrogens (tertiary/aromatic N) is 2. The zero-order valence-electron chi connectivity index (χ0n) is 20.7. The Labute approximate surface area is 217 Å². The van der Waals surface area contributed by atoms with Crippen LogP contribution in [0.3, 0.4) is 0 Å². The van der Waals surface area contributed by atoms with Gasteiger partial charge in [-0.3, -0.25) is 4.79 Å². The van der Waals surface area contributed by atoms with Gasteiger partial charge in [0.15, 0.2) is 12.8 Å². The summed E-state index contributed by atoms with van der Waals surface area (Å²) in [6, 6.07) is 14.5. The number of alkyl halides is 3. The van der Waals surface area contributed by atoms with E-state index in [0.29, 0.717) is 35.9 Å². The van der Waals surface area contributed by atoms with Gasteiger partial charge in [-0.05, 0) is 79.9 Å². The van der Waals surface area contributed by atoms with Crippen LogP contribution >= 0.6 is 0 Å². The summed E-state index contributed by atoms with van der Waals surface area (Å²) in [5.41, 5.74) is 2.91. The van der Waals surface area contributed by atoms with Gasteiger partial charge in [-0.15, -0.1) is 0 Å². The maximum atomic E-state index is 13.0. The molecular weight excluding hydrogens is 497 g/mol. The molecule has 0 saturated carbocycles. The zero-order chi connectivity index (χ0) is 27.0. The average molecular weight is 524 g/mol. The molecule has 2 aliphatic rings. The van der Waals surface area contributed by atoms with E-state index in [9.17, 15) is 27.9 Å². The van der Waals surface area contributed by atoms with Gasteiger partial charge >= 0.3 is 12.1 Å². The van der Waals surface area contributed by atoms with Gasteiger partial charge in [0.05, 0.1) is 11.1 Å². The molecule has 0 aliphatic carbocycles. The van der Waals surface area contributed by atoms with Gasteiger partial charge in [-0.25, -0.2) is 4.79 Å². The Balaban J connectivity index is 1.13. The number of ether oxygens (including phenoxy) is 1. The molecule has 3 aromatic rings. The van der Waals surface area contributed by atoms with Crippen LogP contribution in [0.2, 0.25) is 0 Å². The molecule has 1 fully saturated rings. The van der Waals surface area contributed by atoms with Gasteiger partial charge in [0.1, 0.15) is 17.1 Å². The van der Waals surface area contributed by atoms with Crippen molar-refractivity contribution in [2.45, 2.75) is 25.9 Å². The molecule has 6 nitrogen and oxygen atoms in total. The number of likely N-dealkylation sites (tertiary alicyclic amines) is 1. The SMILES string of the molecule is Cc1c(C(=O)O)ccc2c1C=[N+]2CC1CCN(C(=O)c2ccc(Oc3ccc(C(F)(F)F)cc3)cc2)CC1. The molecule has 0 aromatic heterocycles. The number of aromatic carboxylic acids is 1. The number of benzene rings is 3. The summed E-state index contributed by atoms with van der Waals surface area (Å²) in [6.07, 6.45) is -0.664. The van der Waals surface area contributed by atoms with E-state index < -0.39 is 17.7 Å². The maximum absolute atomic E-state index is 13.0. The molecule has 1 amide bonds. The molecule has 0 atom stereocenters. The van der Waals surface area contributed by atoms with Gasteiger partial charge in [0, 0.05) is 30.6 Å². The second-order valence-corrected chi connectivity index (χ2v) is 9.64. The predicted octanol–water partition coefficient (Wildman–Crippen LogP) is 6.13. The fourth-order valence-corrected chi connectivity index (χ4v) is 4.96. The van der Waals surface area contributed by atoms with Crippen LogP contribution in [-0.2, 0) is 6.18 Å². The van der Waals surface area contributed by atoms with E-state index in [1.165, 1.54) is 12.1 Å². The van der Waals surface area contributed by atoms with Gasteiger partial charge < -0.3 is 14.7 Å². The van der Waals surface area contributed by atoms with Crippen LogP contribution in [0.25, 0.3) is 0 Å². The molecule has 0 spiro atoms. The van der Waals surface area contributed by atoms with E-state index in [1.54, 1.807) is 30.3 Å². The Morgan fingerprint density at radius 1 is 0.974 bits per heavy atom. The normalized spacial score (nSPS) is 15.4. The van der Waals surface area contributed by atoms with Crippen molar-refractivity contribution < 1.29 is 37.2 Å². The van der Waals surface area contributed by atoms with E-state index in [-0.39, 0.29) is 11.7 Å². The molecule has 2 heterocycles. The number of carboxylic acid groups (broad SMARTS) is 1. The number of piperidine rings is 1. The molecule has 0 bridgehead atoms. The Hall–Kier alpha value is -4.14. The molecule has 9 heteroatoms. The van der Waals surface area contributed by atoms with Crippen molar-refractivity contribution in [1.82, 2.24) is 4.90 Å². The molecule has 38 heavy (non-hydrogen) atoms. The van der Waals surface area contributed by atoms with Crippen molar-refractivity contribution >= 4 is 23.8 Å². The Morgan fingerprint density at radius 2 is 1.58 bits per heavy atom. The van der Waals surface area contributed by atoms with Crippen LogP contribution in [0, 0.1) is 12.8 Å². The Morgan fingerprint density at radius 3 is 2.16 bits per heavy atom. The average Bonchev–Trinajstić information content (AvgIpc) is 2.88. The predicted molar refractivity (Wildman–Crippen MR) is 135 cm³/mol. The third-order valence-electron chi connectivity index (χ3n) is 7.19. The third-order valence-corrected chi connectivity index (χ3v) is 7.19. The van der Waals surface area contributed by atoms with Gasteiger partial charge in [0.2, 0.25) is 5.69 Å². The molecule has 3 aromatic carbocycles. The highest BCUT2D eigenvalue weighted by molar-refractivity contribution is 5.98. The number of hydrogen-bond donors (Lipinski definition) is 1. The summed E-state index contributed by atoms with van der Waals surface area (Å²) < 4.78 is 45.9. The standard InChI is InChI=1S/C29H25F3N2O4/c1-18-24(28(36)37)10-11-26-25(18)17-34(26)16-19-12-14-33(15-13-19)27(35)20-2-6-22(7-3-20)38-23-8-4-21(5-9-23)29(30,31)32/h2-11,17,19H,12-16H2,1H3/p+1. The molecule has 196 valence electrons. The van der Waals surface area contributed by atoms with Crippen molar-refractivity contribution in [2.24, 2.45) is 5.92 Å². The van der Waals surface area contributed by atoms with Crippen LogP contribution in [0.1, 0.15) is 50.2 Å². The lowest BCUT2D eigenvalue weighted by Gasteiger charge is -2.31. The Bertz CT molecular complexity index is 1410. The fourth-order valence-electron chi connectivity index (χ4n) is 4.96. The van der Waals surface area contributed by atoms with Crippen molar-refractivity contribution in [2.75, 3.05) is 19.6 Å². The van der Waals surface area contributed by atoms with Crippen LogP contribution in [0.4, 0.5) is 18.9 Å². The number of carbonyl (C=O) groups is 2. The number of halogens is 3. The number of carbonyl (C=O) groups excluding carboxylic acids is 1. The lowest BCUT2D eigenvalue weighted by atomic mass is 9.92. The topological polar surface area (TPSA) is 69.8 Å². The quantitative estimate of drug-likeness (QED) is 0.395. The molecule has 1 N–H and O–H groups in total. The molecular formula is C29H26F3N2O4+. The van der Waals surface area contributed by atoms with Crippen molar-refractivity contribution in [3.05, 3.63) is 88.5 Å². The fraction of sp³-hybridized carbons (Fsp3) is 0.276. The molecule has 0 unspecified atom stereocenters. The van der Waals surface area contributed by atoms with E-state index in [2.05, 4.69) is 4.58 Å². The number of hydrogen-bond acceptors (Lipinski definition) is 3. The van der Waals surface area contributed by atoms with Gasteiger partial charge in [-0.2, -0.15) is 17.7 Å². The van der Waals surface area contributed by atoms with Crippen molar-refractivity contribution in [1.29, 1.82) is 0 Å². The minimum absolute atomic E-state index is 0.0674. The van der Waals surface area contributed by atoms with Crippen LogP contribution in [-0.4, -0.2) is 52.3 Å². The van der Waals surface area contributed by atoms with E-state index in [1.807, 2.05) is 24.1 Å². The lowest BCUT2D eigenvalue weighted by Crippen LogP contribution is -2.40. The molecule has 5 rings (SSSR count). The van der Waals surface area contributed by atoms with Crippen LogP contribution in [0.15, 0.2) is 60.7 Å². The molecule has 1 saturated heterocycles. The first-order chi connectivity index (χ1) is 18.1. The van der Waals surface area contributed by atoms with E-state index >= 15 is 0 Å². The van der Waals surface area contributed by atoms with Crippen LogP contribution < -0.4 is 4.74 Å². The number of carboxylic acids is 1. The van der Waals surface area contributed by atoms with Crippen LogP contribution in [0.5, 0.6) is 11.5 Å².